The van der Waals surface area contributed by atoms with Crippen LogP contribution in [0.1, 0.15) is 106 Å². The van der Waals surface area contributed by atoms with Crippen LogP contribution in [0.3, 0.4) is 0 Å². The van der Waals surface area contributed by atoms with Gasteiger partial charge in [-0.05, 0) is 59.5 Å². The highest BCUT2D eigenvalue weighted by Crippen LogP contribution is 2.70. The molecule has 3 aromatic carbocycles. The molecular formula is C41H38O12. The van der Waals surface area contributed by atoms with Crippen molar-refractivity contribution < 1.29 is 57.2 Å². The van der Waals surface area contributed by atoms with Gasteiger partial charge in [-0.2, -0.15) is 0 Å². The molecule has 274 valence electrons. The van der Waals surface area contributed by atoms with Crippen molar-refractivity contribution in [3.8, 4) is 28.7 Å². The Labute approximate surface area is 305 Å². The molecule has 3 aliphatic rings. The van der Waals surface area contributed by atoms with Crippen LogP contribution in [-0.4, -0.2) is 41.4 Å². The molecule has 6 rings (SSSR count). The van der Waals surface area contributed by atoms with Gasteiger partial charge in [0.15, 0.2) is 0 Å². The Hall–Kier alpha value is -6.04. The van der Waals surface area contributed by atoms with E-state index in [1.165, 1.54) is 53.7 Å². The van der Waals surface area contributed by atoms with Crippen molar-refractivity contribution in [2.45, 2.75) is 84.2 Å². The maximum atomic E-state index is 12.6. The van der Waals surface area contributed by atoms with E-state index in [9.17, 15) is 28.8 Å². The van der Waals surface area contributed by atoms with E-state index in [-0.39, 0.29) is 23.0 Å². The van der Waals surface area contributed by atoms with Crippen molar-refractivity contribution in [3.05, 3.63) is 100 Å². The van der Waals surface area contributed by atoms with E-state index >= 15 is 0 Å². The van der Waals surface area contributed by atoms with Gasteiger partial charge in [0, 0.05) is 94.9 Å². The van der Waals surface area contributed by atoms with Gasteiger partial charge in [-0.15, -0.1) is 0 Å². The first kappa shape index (κ1) is 36.7. The summed E-state index contributed by atoms with van der Waals surface area (Å²) in [6, 6.07) is 13.5. The third-order valence-electron chi connectivity index (χ3n) is 9.38. The average molecular weight is 723 g/mol. The van der Waals surface area contributed by atoms with Crippen LogP contribution in [0.15, 0.2) is 72.3 Å². The van der Waals surface area contributed by atoms with Gasteiger partial charge in [0.1, 0.15) is 34.3 Å². The zero-order chi connectivity index (χ0) is 38.4. The molecule has 1 unspecified atom stereocenters. The number of allylic oxidation sites excluding steroid dienone is 2. The van der Waals surface area contributed by atoms with E-state index in [0.29, 0.717) is 34.4 Å². The van der Waals surface area contributed by atoms with Gasteiger partial charge in [0.25, 0.3) is 0 Å². The first-order valence-electron chi connectivity index (χ1n) is 17.0. The van der Waals surface area contributed by atoms with E-state index in [1.807, 2.05) is 30.4 Å². The fraction of sp³-hybridized carbons (Fsp3) is 0.317. The second-order valence-electron chi connectivity index (χ2n) is 13.5. The Balaban J connectivity index is 1.67. The number of ether oxygens (including phenoxy) is 6. The Morgan fingerprint density at radius 1 is 0.566 bits per heavy atom. The first-order valence-corrected chi connectivity index (χ1v) is 17.0. The number of hydrogen-bond donors (Lipinski definition) is 0. The van der Waals surface area contributed by atoms with Gasteiger partial charge in [-0.1, -0.05) is 24.3 Å². The fourth-order valence-corrected chi connectivity index (χ4v) is 7.93. The summed E-state index contributed by atoms with van der Waals surface area (Å²) in [7, 11) is 0. The fourth-order valence-electron chi connectivity index (χ4n) is 7.93. The molecule has 0 bridgehead atoms. The van der Waals surface area contributed by atoms with E-state index in [4.69, 9.17) is 28.4 Å². The van der Waals surface area contributed by atoms with E-state index in [0.717, 1.165) is 11.1 Å². The SMILES string of the molecule is CC(=O)Oc1ccc([C@@H]2c3c(OC(C)=O)cc(OC(C)=O)cc3[C@@H]3[C@H]2c2cc(OC(C)=O)cc(OC(C)=O)c2[C@H]3C2=CCC(C)(OC(C)=O)C=C2)cc1. The normalized spacial score (nSPS) is 22.0. The lowest BCUT2D eigenvalue weighted by atomic mass is 9.77. The summed E-state index contributed by atoms with van der Waals surface area (Å²) in [5.74, 6) is -4.23. The molecule has 0 saturated carbocycles. The summed E-state index contributed by atoms with van der Waals surface area (Å²) in [6.07, 6.45) is 6.01. The van der Waals surface area contributed by atoms with Gasteiger partial charge in [-0.3, -0.25) is 28.8 Å². The number of benzene rings is 3. The molecule has 0 fully saturated rings. The summed E-state index contributed by atoms with van der Waals surface area (Å²) in [6.45, 7) is 9.54. The number of carbonyl (C=O) groups is 6. The van der Waals surface area contributed by atoms with Gasteiger partial charge in [0.2, 0.25) is 0 Å². The molecule has 53 heavy (non-hydrogen) atoms. The van der Waals surface area contributed by atoms with Crippen LogP contribution < -0.4 is 23.7 Å². The third kappa shape index (κ3) is 7.48. The topological polar surface area (TPSA) is 158 Å². The van der Waals surface area contributed by atoms with Gasteiger partial charge >= 0.3 is 35.8 Å². The Morgan fingerprint density at radius 2 is 1.02 bits per heavy atom. The van der Waals surface area contributed by atoms with Crippen molar-refractivity contribution >= 4 is 35.8 Å². The number of fused-ring (bicyclic) bond motifs is 5. The quantitative estimate of drug-likeness (QED) is 0.181. The maximum absolute atomic E-state index is 12.6. The highest BCUT2D eigenvalue weighted by Gasteiger charge is 2.55. The lowest BCUT2D eigenvalue weighted by Gasteiger charge is -2.31. The monoisotopic (exact) mass is 722 g/mol. The molecule has 0 aromatic heterocycles. The highest BCUT2D eigenvalue weighted by atomic mass is 16.6. The van der Waals surface area contributed by atoms with Gasteiger partial charge in [-0.25, -0.2) is 0 Å². The second kappa shape index (κ2) is 14.2. The van der Waals surface area contributed by atoms with Crippen LogP contribution >= 0.6 is 0 Å². The molecule has 0 spiro atoms. The summed E-state index contributed by atoms with van der Waals surface area (Å²) >= 11 is 0. The summed E-state index contributed by atoms with van der Waals surface area (Å²) in [5, 5.41) is 0. The number of esters is 6. The second-order valence-corrected chi connectivity index (χ2v) is 13.5. The number of rotatable bonds is 8. The molecule has 3 aliphatic carbocycles. The van der Waals surface area contributed by atoms with Crippen LogP contribution in [0.5, 0.6) is 28.7 Å². The zero-order valence-corrected chi connectivity index (χ0v) is 30.3. The lowest BCUT2D eigenvalue weighted by molar-refractivity contribution is -0.151. The van der Waals surface area contributed by atoms with E-state index in [1.54, 1.807) is 31.2 Å². The summed E-state index contributed by atoms with van der Waals surface area (Å²) < 4.78 is 33.8. The van der Waals surface area contributed by atoms with Crippen molar-refractivity contribution in [2.75, 3.05) is 0 Å². The molecule has 0 saturated heterocycles. The number of hydrogen-bond acceptors (Lipinski definition) is 12. The van der Waals surface area contributed by atoms with Crippen LogP contribution in [0.2, 0.25) is 0 Å². The highest BCUT2D eigenvalue weighted by molar-refractivity contribution is 5.78. The molecule has 0 N–H and O–H groups in total. The van der Waals surface area contributed by atoms with Crippen molar-refractivity contribution in [1.29, 1.82) is 0 Å². The van der Waals surface area contributed by atoms with E-state index < -0.39 is 65.1 Å². The van der Waals surface area contributed by atoms with Crippen LogP contribution in [0.4, 0.5) is 0 Å². The Bertz CT molecular complexity index is 2120. The Morgan fingerprint density at radius 3 is 1.45 bits per heavy atom. The zero-order valence-electron chi connectivity index (χ0n) is 30.3. The summed E-state index contributed by atoms with van der Waals surface area (Å²) in [5.41, 5.74) is 3.39. The molecule has 0 radical (unpaired) electrons. The predicted molar refractivity (Wildman–Crippen MR) is 188 cm³/mol. The third-order valence-corrected chi connectivity index (χ3v) is 9.38. The molecule has 12 heteroatoms. The first-order chi connectivity index (χ1) is 25.0. The molecular weight excluding hydrogens is 684 g/mol. The molecule has 0 aliphatic heterocycles. The predicted octanol–water partition coefficient (Wildman–Crippen LogP) is 6.63. The smallest absolute Gasteiger partial charge is 0.308 e. The Kier molecular flexibility index (Phi) is 9.83. The minimum absolute atomic E-state index is 0.156. The van der Waals surface area contributed by atoms with Crippen molar-refractivity contribution in [3.63, 3.8) is 0 Å². The average Bonchev–Trinajstić information content (AvgIpc) is 3.53. The van der Waals surface area contributed by atoms with Crippen LogP contribution in [0.25, 0.3) is 0 Å². The van der Waals surface area contributed by atoms with Crippen molar-refractivity contribution in [1.82, 2.24) is 0 Å². The number of carbonyl (C=O) groups excluding carboxylic acids is 6. The summed E-state index contributed by atoms with van der Waals surface area (Å²) in [4.78, 5) is 73.4. The molecule has 3 aromatic rings. The van der Waals surface area contributed by atoms with Crippen LogP contribution in [-0.2, 0) is 33.5 Å². The van der Waals surface area contributed by atoms with Gasteiger partial charge in [0.05, 0.1) is 0 Å². The van der Waals surface area contributed by atoms with E-state index in [2.05, 4.69) is 0 Å². The van der Waals surface area contributed by atoms with Crippen LogP contribution in [0, 0.1) is 0 Å². The minimum Gasteiger partial charge on any atom is -0.455 e. The molecule has 12 nitrogen and oxygen atoms in total. The largest absolute Gasteiger partial charge is 0.455 e. The van der Waals surface area contributed by atoms with Crippen molar-refractivity contribution in [2.24, 2.45) is 0 Å². The maximum Gasteiger partial charge on any atom is 0.308 e. The molecule has 5 atom stereocenters. The lowest BCUT2D eigenvalue weighted by Crippen LogP contribution is -2.30. The molecule has 0 amide bonds. The minimum atomic E-state index is -0.904. The molecule has 0 heterocycles. The standard InChI is InChI=1S/C41H38O12/c1-20(42)48-28-10-8-26(9-11-28)35-37-31(16-29(49-21(2)43)18-33(37)51-23(4)45)40-36(27-12-14-41(7,15-13-27)53-25(6)47)38-32(39(35)40)17-30(50-22(3)44)19-34(38)52-24(5)46/h8-14,16-19,35-36,39-40H,15H2,1-7H3/t35-,36-,39+,40+,41?/m1/s1. The van der Waals surface area contributed by atoms with Gasteiger partial charge < -0.3 is 28.4 Å².